The average Bonchev–Trinajstić information content (AvgIpc) is 3.24. The maximum atomic E-state index is 12.6. The van der Waals surface area contributed by atoms with Gasteiger partial charge in [0, 0.05) is 51.7 Å². The van der Waals surface area contributed by atoms with Crippen LogP contribution in [0.1, 0.15) is 51.2 Å². The molecule has 32 heavy (non-hydrogen) atoms. The zero-order chi connectivity index (χ0) is 22.8. The molecule has 1 fully saturated rings. The van der Waals surface area contributed by atoms with E-state index in [1.165, 1.54) is 11.1 Å². The van der Waals surface area contributed by atoms with E-state index in [4.69, 9.17) is 9.73 Å². The van der Waals surface area contributed by atoms with Crippen molar-refractivity contribution in [1.29, 1.82) is 0 Å². The number of carbonyl (C=O) groups is 1. The van der Waals surface area contributed by atoms with Crippen molar-refractivity contribution in [1.82, 2.24) is 20.4 Å². The van der Waals surface area contributed by atoms with Crippen LogP contribution in [0.5, 0.6) is 0 Å². The van der Waals surface area contributed by atoms with Crippen LogP contribution in [0.4, 0.5) is 0 Å². The number of hydrogen-bond acceptors (Lipinski definition) is 4. The van der Waals surface area contributed by atoms with E-state index in [9.17, 15) is 4.79 Å². The maximum absolute atomic E-state index is 12.6. The fourth-order valence-electron chi connectivity index (χ4n) is 4.48. The van der Waals surface area contributed by atoms with E-state index in [-0.39, 0.29) is 5.91 Å². The molecule has 7 heteroatoms. The molecular weight excluding hydrogens is 402 g/mol. The quantitative estimate of drug-likeness (QED) is 0.331. The number of guanidine groups is 1. The highest BCUT2D eigenvalue weighted by Crippen LogP contribution is 2.22. The number of morpholine rings is 1. The Morgan fingerprint density at radius 3 is 2.44 bits per heavy atom. The van der Waals surface area contributed by atoms with Crippen molar-refractivity contribution in [3.05, 3.63) is 35.4 Å². The molecule has 0 saturated carbocycles. The molecule has 2 N–H and O–H groups in total. The Balaban J connectivity index is 1.43. The number of fused-ring (bicyclic) bond motifs is 1. The SMILES string of the molecule is CCNC(=NCC(CC(C)C)N1CCOCC1)NCCCC(=O)N1Cc2ccccc2C1. The zero-order valence-electron chi connectivity index (χ0n) is 20.1. The Bertz CT molecular complexity index is 721. The predicted molar refractivity (Wildman–Crippen MR) is 130 cm³/mol. The van der Waals surface area contributed by atoms with Crippen LogP contribution in [-0.2, 0) is 22.6 Å². The van der Waals surface area contributed by atoms with Gasteiger partial charge in [0.05, 0.1) is 19.8 Å². The molecule has 1 atom stereocenters. The van der Waals surface area contributed by atoms with Crippen LogP contribution in [0.3, 0.4) is 0 Å². The third-order valence-corrected chi connectivity index (χ3v) is 6.16. The van der Waals surface area contributed by atoms with Gasteiger partial charge in [-0.25, -0.2) is 0 Å². The molecule has 2 heterocycles. The number of carbonyl (C=O) groups excluding carboxylic acids is 1. The van der Waals surface area contributed by atoms with Crippen molar-refractivity contribution in [3.63, 3.8) is 0 Å². The Hall–Kier alpha value is -2.12. The van der Waals surface area contributed by atoms with Crippen LogP contribution in [-0.4, -0.2) is 73.6 Å². The molecule has 0 spiro atoms. The van der Waals surface area contributed by atoms with Gasteiger partial charge in [-0.3, -0.25) is 14.7 Å². The molecule has 7 nitrogen and oxygen atoms in total. The smallest absolute Gasteiger partial charge is 0.223 e. The minimum absolute atomic E-state index is 0.231. The Kier molecular flexibility index (Phi) is 9.81. The first-order valence-corrected chi connectivity index (χ1v) is 12.2. The van der Waals surface area contributed by atoms with E-state index < -0.39 is 0 Å². The summed E-state index contributed by atoms with van der Waals surface area (Å²) in [5.74, 6) is 1.71. The fourth-order valence-corrected chi connectivity index (χ4v) is 4.48. The summed E-state index contributed by atoms with van der Waals surface area (Å²) in [5, 5.41) is 6.77. The number of nitrogens with zero attached hydrogens (tertiary/aromatic N) is 3. The number of ether oxygens (including phenoxy) is 1. The van der Waals surface area contributed by atoms with Crippen molar-refractivity contribution < 1.29 is 9.53 Å². The number of rotatable bonds is 10. The van der Waals surface area contributed by atoms with Gasteiger partial charge in [0.2, 0.25) is 5.91 Å². The first-order chi connectivity index (χ1) is 15.6. The van der Waals surface area contributed by atoms with E-state index in [1.807, 2.05) is 17.0 Å². The summed E-state index contributed by atoms with van der Waals surface area (Å²) >= 11 is 0. The largest absolute Gasteiger partial charge is 0.379 e. The molecule has 1 unspecified atom stereocenters. The Morgan fingerprint density at radius 1 is 1.12 bits per heavy atom. The standard InChI is InChI=1S/C25H41N5O2/c1-4-26-25(28-17-23(16-20(2)3)29-12-14-32-15-13-29)27-11-7-10-24(31)30-18-21-8-5-6-9-22(21)19-30/h5-6,8-9,20,23H,4,7,10-19H2,1-3H3,(H2,26,27,28). The summed E-state index contributed by atoms with van der Waals surface area (Å²) < 4.78 is 5.53. The molecule has 1 amide bonds. The number of benzene rings is 1. The van der Waals surface area contributed by atoms with Crippen molar-refractivity contribution in [2.24, 2.45) is 10.9 Å². The van der Waals surface area contributed by atoms with Crippen LogP contribution in [0.15, 0.2) is 29.3 Å². The lowest BCUT2D eigenvalue weighted by atomic mass is 10.0. The van der Waals surface area contributed by atoms with Crippen molar-refractivity contribution in [3.8, 4) is 0 Å². The van der Waals surface area contributed by atoms with Gasteiger partial charge in [0.15, 0.2) is 5.96 Å². The summed E-state index contributed by atoms with van der Waals surface area (Å²) in [6.45, 7) is 14.0. The predicted octanol–water partition coefficient (Wildman–Crippen LogP) is 2.61. The van der Waals surface area contributed by atoms with Gasteiger partial charge in [-0.1, -0.05) is 38.1 Å². The molecule has 2 aliphatic heterocycles. The first-order valence-electron chi connectivity index (χ1n) is 12.2. The van der Waals surface area contributed by atoms with Crippen molar-refractivity contribution >= 4 is 11.9 Å². The third kappa shape index (κ3) is 7.48. The summed E-state index contributed by atoms with van der Waals surface area (Å²) in [6, 6.07) is 8.76. The molecule has 178 valence electrons. The van der Waals surface area contributed by atoms with Gasteiger partial charge >= 0.3 is 0 Å². The molecule has 3 rings (SSSR count). The lowest BCUT2D eigenvalue weighted by Crippen LogP contribution is -2.46. The molecule has 1 aromatic rings. The topological polar surface area (TPSA) is 69.2 Å². The molecule has 0 aliphatic carbocycles. The van der Waals surface area contributed by atoms with Gasteiger partial charge in [-0.15, -0.1) is 0 Å². The normalized spacial score (nSPS) is 18.0. The number of amides is 1. The molecule has 2 aliphatic rings. The fraction of sp³-hybridized carbons (Fsp3) is 0.680. The molecule has 0 bridgehead atoms. The highest BCUT2D eigenvalue weighted by atomic mass is 16.5. The van der Waals surface area contributed by atoms with E-state index in [0.717, 1.165) is 77.8 Å². The summed E-state index contributed by atoms with van der Waals surface area (Å²) in [4.78, 5) is 22.0. The Labute approximate surface area is 193 Å². The number of aliphatic imine (C=N–C) groups is 1. The third-order valence-electron chi connectivity index (χ3n) is 6.16. The molecule has 1 saturated heterocycles. The average molecular weight is 444 g/mol. The Morgan fingerprint density at radius 2 is 1.81 bits per heavy atom. The van der Waals surface area contributed by atoms with E-state index in [0.29, 0.717) is 18.4 Å². The summed E-state index contributed by atoms with van der Waals surface area (Å²) in [5.41, 5.74) is 2.55. The van der Waals surface area contributed by atoms with Crippen LogP contribution in [0, 0.1) is 5.92 Å². The molecule has 0 aromatic heterocycles. The second-order valence-corrected chi connectivity index (χ2v) is 9.20. The second-order valence-electron chi connectivity index (χ2n) is 9.20. The summed E-state index contributed by atoms with van der Waals surface area (Å²) in [7, 11) is 0. The van der Waals surface area contributed by atoms with E-state index in [1.54, 1.807) is 0 Å². The second kappa shape index (κ2) is 12.8. The first kappa shape index (κ1) is 24.5. The van der Waals surface area contributed by atoms with Crippen molar-refractivity contribution in [2.75, 3.05) is 45.9 Å². The summed E-state index contributed by atoms with van der Waals surface area (Å²) in [6.07, 6.45) is 2.49. The zero-order valence-corrected chi connectivity index (χ0v) is 20.1. The van der Waals surface area contributed by atoms with Crippen LogP contribution >= 0.6 is 0 Å². The molecular formula is C25H41N5O2. The minimum atomic E-state index is 0.231. The van der Waals surface area contributed by atoms with E-state index in [2.05, 4.69) is 48.4 Å². The number of hydrogen-bond donors (Lipinski definition) is 2. The van der Waals surface area contributed by atoms with Gasteiger partial charge in [0.25, 0.3) is 0 Å². The molecule has 1 aromatic carbocycles. The van der Waals surface area contributed by atoms with Gasteiger partial charge in [-0.05, 0) is 36.8 Å². The lowest BCUT2D eigenvalue weighted by Gasteiger charge is -2.34. The number of nitrogens with one attached hydrogen (secondary N) is 2. The van der Waals surface area contributed by atoms with E-state index >= 15 is 0 Å². The van der Waals surface area contributed by atoms with Crippen LogP contribution in [0.2, 0.25) is 0 Å². The van der Waals surface area contributed by atoms with Crippen LogP contribution in [0.25, 0.3) is 0 Å². The monoisotopic (exact) mass is 443 g/mol. The van der Waals surface area contributed by atoms with Gasteiger partial charge in [0.1, 0.15) is 0 Å². The van der Waals surface area contributed by atoms with Gasteiger partial charge < -0.3 is 20.3 Å². The van der Waals surface area contributed by atoms with Crippen molar-refractivity contribution in [2.45, 2.75) is 59.2 Å². The lowest BCUT2D eigenvalue weighted by molar-refractivity contribution is -0.131. The minimum Gasteiger partial charge on any atom is -0.379 e. The molecule has 0 radical (unpaired) electrons. The highest BCUT2D eigenvalue weighted by molar-refractivity contribution is 5.80. The maximum Gasteiger partial charge on any atom is 0.223 e. The van der Waals surface area contributed by atoms with Gasteiger partial charge in [-0.2, -0.15) is 0 Å². The highest BCUT2D eigenvalue weighted by Gasteiger charge is 2.23. The van der Waals surface area contributed by atoms with Crippen LogP contribution < -0.4 is 10.6 Å².